The number of nitrogens with one attached hydrogen (secondary N) is 1. The fourth-order valence-corrected chi connectivity index (χ4v) is 2.72. The second kappa shape index (κ2) is 6.91. The molecule has 1 aliphatic rings. The standard InChI is InChI=1S/C16H25NO/c1-3-7-13(2)12-17-15-10-11-18-16(15)14-8-5-4-6-9-14/h4-6,8-9,13,15-17H,3,7,10-12H2,1-2H3/t13-,15+,16+/m0/s1. The van der Waals surface area contributed by atoms with Gasteiger partial charge in [0.15, 0.2) is 0 Å². The summed E-state index contributed by atoms with van der Waals surface area (Å²) in [7, 11) is 0. The highest BCUT2D eigenvalue weighted by molar-refractivity contribution is 5.20. The molecule has 0 unspecified atom stereocenters. The number of rotatable bonds is 6. The van der Waals surface area contributed by atoms with Gasteiger partial charge >= 0.3 is 0 Å². The highest BCUT2D eigenvalue weighted by Gasteiger charge is 2.29. The normalized spacial score (nSPS) is 25.2. The second-order valence-electron chi connectivity index (χ2n) is 5.40. The van der Waals surface area contributed by atoms with E-state index in [1.54, 1.807) is 0 Å². The smallest absolute Gasteiger partial charge is 0.0978 e. The lowest BCUT2D eigenvalue weighted by Gasteiger charge is -2.22. The molecule has 0 amide bonds. The first-order valence-electron chi connectivity index (χ1n) is 7.21. The third kappa shape index (κ3) is 3.56. The van der Waals surface area contributed by atoms with Crippen LogP contribution in [0.1, 0.15) is 44.8 Å². The van der Waals surface area contributed by atoms with Crippen LogP contribution in [0.2, 0.25) is 0 Å². The number of benzene rings is 1. The Bertz CT molecular complexity index is 338. The Kier molecular flexibility index (Phi) is 5.21. The lowest BCUT2D eigenvalue weighted by Crippen LogP contribution is -2.34. The Labute approximate surface area is 111 Å². The summed E-state index contributed by atoms with van der Waals surface area (Å²) in [4.78, 5) is 0. The number of ether oxygens (including phenoxy) is 1. The summed E-state index contributed by atoms with van der Waals surface area (Å²) in [5, 5.41) is 3.69. The van der Waals surface area contributed by atoms with E-state index >= 15 is 0 Å². The summed E-state index contributed by atoms with van der Waals surface area (Å²) in [6.45, 7) is 6.55. The minimum atomic E-state index is 0.236. The van der Waals surface area contributed by atoms with Gasteiger partial charge in [-0.15, -0.1) is 0 Å². The largest absolute Gasteiger partial charge is 0.372 e. The minimum absolute atomic E-state index is 0.236. The van der Waals surface area contributed by atoms with Crippen LogP contribution >= 0.6 is 0 Å². The second-order valence-corrected chi connectivity index (χ2v) is 5.40. The molecule has 0 bridgehead atoms. The van der Waals surface area contributed by atoms with Gasteiger partial charge in [0, 0.05) is 12.6 Å². The molecule has 0 aromatic heterocycles. The van der Waals surface area contributed by atoms with Crippen molar-refractivity contribution in [1.82, 2.24) is 5.32 Å². The predicted octanol–water partition coefficient (Wildman–Crippen LogP) is 3.54. The van der Waals surface area contributed by atoms with Gasteiger partial charge in [-0.3, -0.25) is 0 Å². The van der Waals surface area contributed by atoms with E-state index in [9.17, 15) is 0 Å². The molecule has 18 heavy (non-hydrogen) atoms. The summed E-state index contributed by atoms with van der Waals surface area (Å²) in [5.41, 5.74) is 1.30. The van der Waals surface area contributed by atoms with Gasteiger partial charge in [0.25, 0.3) is 0 Å². The maximum atomic E-state index is 5.88. The molecule has 1 aliphatic heterocycles. The number of hydrogen-bond acceptors (Lipinski definition) is 2. The van der Waals surface area contributed by atoms with Crippen molar-refractivity contribution in [3.63, 3.8) is 0 Å². The van der Waals surface area contributed by atoms with E-state index in [0.717, 1.165) is 25.5 Å². The SMILES string of the molecule is CCC[C@H](C)CN[C@@H]1CCO[C@@H]1c1ccccc1. The van der Waals surface area contributed by atoms with Crippen molar-refractivity contribution >= 4 is 0 Å². The third-order valence-electron chi connectivity index (χ3n) is 3.73. The summed E-state index contributed by atoms with van der Waals surface area (Å²) < 4.78 is 5.88. The lowest BCUT2D eigenvalue weighted by molar-refractivity contribution is 0.0980. The molecular weight excluding hydrogens is 222 g/mol. The summed E-state index contributed by atoms with van der Waals surface area (Å²) >= 11 is 0. The first-order chi connectivity index (χ1) is 8.81. The van der Waals surface area contributed by atoms with E-state index in [1.165, 1.54) is 18.4 Å². The molecular formula is C16H25NO. The highest BCUT2D eigenvalue weighted by atomic mass is 16.5. The fraction of sp³-hybridized carbons (Fsp3) is 0.625. The molecule has 0 spiro atoms. The molecule has 0 radical (unpaired) electrons. The maximum Gasteiger partial charge on any atom is 0.0978 e. The molecule has 2 rings (SSSR count). The zero-order chi connectivity index (χ0) is 12.8. The van der Waals surface area contributed by atoms with E-state index in [0.29, 0.717) is 6.04 Å². The van der Waals surface area contributed by atoms with Crippen molar-refractivity contribution in [3.8, 4) is 0 Å². The average Bonchev–Trinajstić information content (AvgIpc) is 2.86. The van der Waals surface area contributed by atoms with E-state index in [-0.39, 0.29) is 6.10 Å². The Hall–Kier alpha value is -0.860. The molecule has 100 valence electrons. The van der Waals surface area contributed by atoms with E-state index in [1.807, 2.05) is 0 Å². The van der Waals surface area contributed by atoms with Gasteiger partial charge < -0.3 is 10.1 Å². The Morgan fingerprint density at radius 3 is 2.83 bits per heavy atom. The van der Waals surface area contributed by atoms with Crippen LogP contribution in [0.3, 0.4) is 0 Å². The van der Waals surface area contributed by atoms with Crippen molar-refractivity contribution in [2.75, 3.05) is 13.2 Å². The molecule has 0 aliphatic carbocycles. The van der Waals surface area contributed by atoms with E-state index < -0.39 is 0 Å². The highest BCUT2D eigenvalue weighted by Crippen LogP contribution is 2.29. The predicted molar refractivity (Wildman–Crippen MR) is 75.6 cm³/mol. The number of hydrogen-bond donors (Lipinski definition) is 1. The van der Waals surface area contributed by atoms with Gasteiger partial charge in [-0.25, -0.2) is 0 Å². The first-order valence-corrected chi connectivity index (χ1v) is 7.21. The Morgan fingerprint density at radius 1 is 1.33 bits per heavy atom. The molecule has 1 fully saturated rings. The van der Waals surface area contributed by atoms with Crippen molar-refractivity contribution in [2.24, 2.45) is 5.92 Å². The first kappa shape index (κ1) is 13.6. The van der Waals surface area contributed by atoms with Crippen molar-refractivity contribution < 1.29 is 4.74 Å². The average molecular weight is 247 g/mol. The molecule has 2 heteroatoms. The minimum Gasteiger partial charge on any atom is -0.372 e. The molecule has 1 saturated heterocycles. The van der Waals surface area contributed by atoms with Gasteiger partial charge in [0.2, 0.25) is 0 Å². The van der Waals surface area contributed by atoms with Crippen LogP contribution in [0.4, 0.5) is 0 Å². The maximum absolute atomic E-state index is 5.88. The molecule has 1 aromatic rings. The Morgan fingerprint density at radius 2 is 2.11 bits per heavy atom. The topological polar surface area (TPSA) is 21.3 Å². The quantitative estimate of drug-likeness (QED) is 0.830. The Balaban J connectivity index is 1.88. The van der Waals surface area contributed by atoms with Crippen LogP contribution in [-0.2, 0) is 4.74 Å². The zero-order valence-corrected chi connectivity index (χ0v) is 11.6. The van der Waals surface area contributed by atoms with Crippen molar-refractivity contribution in [2.45, 2.75) is 45.3 Å². The molecule has 0 saturated carbocycles. The molecule has 2 nitrogen and oxygen atoms in total. The van der Waals surface area contributed by atoms with E-state index in [2.05, 4.69) is 49.5 Å². The summed E-state index contributed by atoms with van der Waals surface area (Å²) in [6, 6.07) is 11.1. The van der Waals surface area contributed by atoms with Crippen LogP contribution in [0, 0.1) is 5.92 Å². The van der Waals surface area contributed by atoms with Crippen LogP contribution < -0.4 is 5.32 Å². The summed E-state index contributed by atoms with van der Waals surface area (Å²) in [6.07, 6.45) is 3.93. The molecule has 1 aromatic carbocycles. The molecule has 1 heterocycles. The molecule has 3 atom stereocenters. The fourth-order valence-electron chi connectivity index (χ4n) is 2.72. The van der Waals surface area contributed by atoms with Crippen LogP contribution in [0.15, 0.2) is 30.3 Å². The monoisotopic (exact) mass is 247 g/mol. The third-order valence-corrected chi connectivity index (χ3v) is 3.73. The van der Waals surface area contributed by atoms with Crippen LogP contribution in [0.25, 0.3) is 0 Å². The van der Waals surface area contributed by atoms with E-state index in [4.69, 9.17) is 4.74 Å². The summed E-state index contributed by atoms with van der Waals surface area (Å²) in [5.74, 6) is 0.757. The van der Waals surface area contributed by atoms with Crippen LogP contribution in [-0.4, -0.2) is 19.2 Å². The zero-order valence-electron chi connectivity index (χ0n) is 11.6. The van der Waals surface area contributed by atoms with Crippen molar-refractivity contribution in [1.29, 1.82) is 0 Å². The van der Waals surface area contributed by atoms with Gasteiger partial charge in [0.05, 0.1) is 6.10 Å². The van der Waals surface area contributed by atoms with Gasteiger partial charge in [-0.1, -0.05) is 50.6 Å². The van der Waals surface area contributed by atoms with Gasteiger partial charge in [0.1, 0.15) is 0 Å². The lowest BCUT2D eigenvalue weighted by atomic mass is 10.0. The molecule has 1 N–H and O–H groups in total. The van der Waals surface area contributed by atoms with Gasteiger partial charge in [-0.05, 0) is 30.9 Å². The van der Waals surface area contributed by atoms with Crippen LogP contribution in [0.5, 0.6) is 0 Å². The van der Waals surface area contributed by atoms with Gasteiger partial charge in [-0.2, -0.15) is 0 Å². The van der Waals surface area contributed by atoms with Crippen molar-refractivity contribution in [3.05, 3.63) is 35.9 Å².